The number of rotatable bonds is 8. The number of phenols is 1. The molecule has 4 N–H and O–H groups in total. The molecule has 0 spiro atoms. The number of hydrogen-bond donors (Lipinski definition) is 4. The Labute approximate surface area is 208 Å². The van der Waals surface area contributed by atoms with Crippen molar-refractivity contribution in [3.8, 4) is 5.75 Å². The van der Waals surface area contributed by atoms with Crippen LogP contribution in [0.15, 0.2) is 42.5 Å². The quantitative estimate of drug-likeness (QED) is 0.321. The lowest BCUT2D eigenvalue weighted by Gasteiger charge is -2.29. The van der Waals surface area contributed by atoms with Crippen LogP contribution in [0.2, 0.25) is 5.02 Å². The van der Waals surface area contributed by atoms with Crippen molar-refractivity contribution in [3.05, 3.63) is 64.2 Å². The number of nitrogens with one attached hydrogen (secondary N) is 2. The molecule has 1 aliphatic carbocycles. The van der Waals surface area contributed by atoms with Gasteiger partial charge in [-0.3, -0.25) is 19.2 Å². The Balaban J connectivity index is 1.77. The third-order valence-electron chi connectivity index (χ3n) is 5.90. The maximum absolute atomic E-state index is 13.3. The summed E-state index contributed by atoms with van der Waals surface area (Å²) in [6, 6.07) is 9.32. The van der Waals surface area contributed by atoms with Gasteiger partial charge in [-0.25, -0.2) is 10.4 Å². The van der Waals surface area contributed by atoms with Crippen LogP contribution in [0, 0.1) is 5.92 Å². The fourth-order valence-corrected chi connectivity index (χ4v) is 4.17. The molecule has 0 unspecified atom stereocenters. The van der Waals surface area contributed by atoms with Gasteiger partial charge in [0.15, 0.2) is 0 Å². The van der Waals surface area contributed by atoms with Gasteiger partial charge in [0.25, 0.3) is 11.8 Å². The number of carbonyl (C=O) groups is 4. The summed E-state index contributed by atoms with van der Waals surface area (Å²) in [5, 5.41) is 22.2. The number of benzene rings is 2. The molecule has 1 aliphatic rings. The van der Waals surface area contributed by atoms with Gasteiger partial charge >= 0.3 is 5.97 Å². The third kappa shape index (κ3) is 6.80. The van der Waals surface area contributed by atoms with E-state index in [1.165, 1.54) is 37.3 Å². The number of imide groups is 1. The minimum atomic E-state index is -1.22. The van der Waals surface area contributed by atoms with Crippen molar-refractivity contribution in [2.24, 2.45) is 5.92 Å². The van der Waals surface area contributed by atoms with E-state index in [4.69, 9.17) is 11.6 Å². The number of halogens is 1. The van der Waals surface area contributed by atoms with Gasteiger partial charge in [-0.05, 0) is 55.7 Å². The van der Waals surface area contributed by atoms with Gasteiger partial charge in [0.05, 0.1) is 10.6 Å². The second kappa shape index (κ2) is 11.8. The molecule has 2 aromatic carbocycles. The zero-order valence-electron chi connectivity index (χ0n) is 19.3. The van der Waals surface area contributed by atoms with Crippen LogP contribution in [0.5, 0.6) is 5.75 Å². The highest BCUT2D eigenvalue weighted by Gasteiger charge is 2.33. The topological polar surface area (TPSA) is 136 Å². The zero-order chi connectivity index (χ0) is 25.5. The van der Waals surface area contributed by atoms with E-state index in [9.17, 15) is 29.4 Å². The summed E-state index contributed by atoms with van der Waals surface area (Å²) in [5.74, 6) is -3.24. The zero-order valence-corrected chi connectivity index (χ0v) is 20.0. The second-order valence-corrected chi connectivity index (χ2v) is 8.96. The van der Waals surface area contributed by atoms with Crippen LogP contribution in [0.1, 0.15) is 65.3 Å². The van der Waals surface area contributed by atoms with Crippen molar-refractivity contribution in [2.45, 2.75) is 51.6 Å². The predicted octanol–water partition coefficient (Wildman–Crippen LogP) is 3.50. The summed E-state index contributed by atoms with van der Waals surface area (Å²) in [4.78, 5) is 50.3. The van der Waals surface area contributed by atoms with Gasteiger partial charge < -0.3 is 15.5 Å². The highest BCUT2D eigenvalue weighted by molar-refractivity contribution is 6.34. The van der Waals surface area contributed by atoms with Gasteiger partial charge in [-0.2, -0.15) is 0 Å². The highest BCUT2D eigenvalue weighted by Crippen LogP contribution is 2.27. The van der Waals surface area contributed by atoms with E-state index in [0.29, 0.717) is 18.4 Å². The standard InChI is InChI=1S/C25H28ClN3O6/c1-15(25(34)35)28-29(23(32)17-7-3-2-4-8-17)24(33)20-11-10-18(13-21(20)26)22(31)27-14-16-6-5-9-19(30)12-16/h5-6,9-13,15,17,28,30H,2-4,7-8,14H2,1H3,(H,27,31)(H,34,35)/t15-/m0/s1. The molecule has 0 saturated heterocycles. The van der Waals surface area contributed by atoms with Crippen molar-refractivity contribution >= 4 is 35.3 Å². The summed E-state index contributed by atoms with van der Waals surface area (Å²) in [6.07, 6.45) is 3.98. The van der Waals surface area contributed by atoms with Crippen molar-refractivity contribution < 1.29 is 29.4 Å². The number of phenolic OH excluding ortho intramolecular Hbond substituents is 1. The van der Waals surface area contributed by atoms with Gasteiger partial charge in [0, 0.05) is 18.0 Å². The number of aromatic hydroxyl groups is 1. The van der Waals surface area contributed by atoms with Crippen LogP contribution in [-0.2, 0) is 16.1 Å². The van der Waals surface area contributed by atoms with E-state index in [2.05, 4.69) is 10.7 Å². The number of hydrogen-bond acceptors (Lipinski definition) is 6. The van der Waals surface area contributed by atoms with Crippen LogP contribution in [-0.4, -0.2) is 45.0 Å². The Morgan fingerprint density at radius 3 is 2.43 bits per heavy atom. The van der Waals surface area contributed by atoms with Crippen molar-refractivity contribution in [1.82, 2.24) is 15.8 Å². The van der Waals surface area contributed by atoms with Gasteiger partial charge in [0.2, 0.25) is 5.91 Å². The van der Waals surface area contributed by atoms with Crippen LogP contribution in [0.4, 0.5) is 0 Å². The summed E-state index contributed by atoms with van der Waals surface area (Å²) in [5.41, 5.74) is 3.36. The average molecular weight is 502 g/mol. The van der Waals surface area contributed by atoms with E-state index in [0.717, 1.165) is 24.3 Å². The molecule has 0 bridgehead atoms. The molecule has 1 fully saturated rings. The number of carboxylic acids is 1. The molecule has 2 aromatic rings. The van der Waals surface area contributed by atoms with E-state index < -0.39 is 29.7 Å². The summed E-state index contributed by atoms with van der Waals surface area (Å²) in [6.45, 7) is 1.50. The lowest BCUT2D eigenvalue weighted by Crippen LogP contribution is -2.55. The molecule has 186 valence electrons. The Bertz CT molecular complexity index is 1120. The molecule has 3 amide bonds. The largest absolute Gasteiger partial charge is 0.508 e. The van der Waals surface area contributed by atoms with Crippen LogP contribution < -0.4 is 10.7 Å². The smallest absolute Gasteiger partial charge is 0.322 e. The third-order valence-corrected chi connectivity index (χ3v) is 6.21. The Hall–Kier alpha value is -3.43. The minimum absolute atomic E-state index is 0.0366. The molecule has 0 radical (unpaired) electrons. The monoisotopic (exact) mass is 501 g/mol. The molecule has 0 aliphatic heterocycles. The molecule has 1 atom stereocenters. The summed E-state index contributed by atoms with van der Waals surface area (Å²) in [7, 11) is 0. The fourth-order valence-electron chi connectivity index (χ4n) is 3.90. The molecular formula is C25H28ClN3O6. The molecule has 3 rings (SSSR count). The lowest BCUT2D eigenvalue weighted by molar-refractivity contribution is -0.143. The van der Waals surface area contributed by atoms with E-state index in [1.54, 1.807) is 12.1 Å². The number of nitrogens with zero attached hydrogens (tertiary/aromatic N) is 1. The number of carbonyl (C=O) groups excluding carboxylic acids is 3. The van der Waals surface area contributed by atoms with Crippen molar-refractivity contribution in [2.75, 3.05) is 0 Å². The van der Waals surface area contributed by atoms with E-state index in [1.807, 2.05) is 0 Å². The van der Waals surface area contributed by atoms with E-state index >= 15 is 0 Å². The van der Waals surface area contributed by atoms with Crippen LogP contribution in [0.25, 0.3) is 0 Å². The first kappa shape index (κ1) is 26.2. The van der Waals surface area contributed by atoms with Crippen molar-refractivity contribution in [1.29, 1.82) is 0 Å². The molecular weight excluding hydrogens is 474 g/mol. The molecule has 1 saturated carbocycles. The fraction of sp³-hybridized carbons (Fsp3) is 0.360. The maximum Gasteiger partial charge on any atom is 0.322 e. The van der Waals surface area contributed by atoms with Gasteiger partial charge in [0.1, 0.15) is 11.8 Å². The number of aliphatic carboxylic acids is 1. The number of hydrazine groups is 1. The van der Waals surface area contributed by atoms with Crippen LogP contribution in [0.3, 0.4) is 0 Å². The molecule has 9 nitrogen and oxygen atoms in total. The van der Waals surface area contributed by atoms with E-state index in [-0.39, 0.29) is 34.4 Å². The first-order valence-corrected chi connectivity index (χ1v) is 11.8. The Kier molecular flexibility index (Phi) is 8.84. The normalized spacial score (nSPS) is 14.7. The molecule has 0 heterocycles. The predicted molar refractivity (Wildman–Crippen MR) is 129 cm³/mol. The molecule has 35 heavy (non-hydrogen) atoms. The summed E-state index contributed by atoms with van der Waals surface area (Å²) < 4.78 is 0. The first-order valence-electron chi connectivity index (χ1n) is 11.4. The molecule has 10 heteroatoms. The van der Waals surface area contributed by atoms with Gasteiger partial charge in [-0.15, -0.1) is 0 Å². The SMILES string of the molecule is C[C@H](NN(C(=O)c1ccc(C(=O)NCc2cccc(O)c2)cc1Cl)C(=O)C1CCCCC1)C(=O)O. The molecule has 0 aromatic heterocycles. The highest BCUT2D eigenvalue weighted by atomic mass is 35.5. The maximum atomic E-state index is 13.3. The Morgan fingerprint density at radius 1 is 1.09 bits per heavy atom. The number of amides is 3. The second-order valence-electron chi connectivity index (χ2n) is 8.55. The Morgan fingerprint density at radius 2 is 1.80 bits per heavy atom. The minimum Gasteiger partial charge on any atom is -0.508 e. The lowest BCUT2D eigenvalue weighted by atomic mass is 9.88. The first-order chi connectivity index (χ1) is 16.7. The summed E-state index contributed by atoms with van der Waals surface area (Å²) >= 11 is 6.32. The van der Waals surface area contributed by atoms with Gasteiger partial charge in [-0.1, -0.05) is 43.0 Å². The average Bonchev–Trinajstić information content (AvgIpc) is 2.85. The van der Waals surface area contributed by atoms with Crippen LogP contribution >= 0.6 is 11.6 Å². The number of carboxylic acid groups (broad SMARTS) is 1. The van der Waals surface area contributed by atoms with Crippen molar-refractivity contribution in [3.63, 3.8) is 0 Å².